The van der Waals surface area contributed by atoms with Crippen LogP contribution in [-0.2, 0) is 4.79 Å². The largest absolute Gasteiger partial charge is 0.480 e. The van der Waals surface area contributed by atoms with Crippen molar-refractivity contribution in [2.75, 3.05) is 13.1 Å². The third-order valence-corrected chi connectivity index (χ3v) is 2.16. The molecule has 0 aromatic rings. The topological polar surface area (TPSA) is 89.9 Å². The third kappa shape index (κ3) is 6.11. The summed E-state index contributed by atoms with van der Waals surface area (Å²) in [5, 5.41) is 20.8. The number of likely N-dealkylation sites (N-methyl/N-ethyl adjacent to an activating group) is 1. The van der Waals surface area contributed by atoms with E-state index in [1.165, 1.54) is 4.90 Å². The van der Waals surface area contributed by atoms with Crippen LogP contribution >= 0.6 is 0 Å². The molecule has 3 N–H and O–H groups in total. The Hall–Kier alpha value is -1.74. The van der Waals surface area contributed by atoms with Crippen molar-refractivity contribution < 1.29 is 19.8 Å². The van der Waals surface area contributed by atoms with Crippen LogP contribution in [0.1, 0.15) is 27.2 Å². The molecule has 102 valence electrons. The molecule has 0 spiro atoms. The number of rotatable bonds is 6. The van der Waals surface area contributed by atoms with Crippen molar-refractivity contribution in [3.63, 3.8) is 0 Å². The minimum absolute atomic E-state index is 0.0822. The first-order valence-electron chi connectivity index (χ1n) is 5.65. The van der Waals surface area contributed by atoms with Crippen LogP contribution in [0.15, 0.2) is 0 Å². The summed E-state index contributed by atoms with van der Waals surface area (Å²) in [6.07, 6.45) is 4.95. The molecule has 6 nitrogen and oxygen atoms in total. The molecule has 6 heteroatoms. The average molecular weight is 256 g/mol. The summed E-state index contributed by atoms with van der Waals surface area (Å²) in [7, 11) is 0. The lowest BCUT2D eigenvalue weighted by atomic mass is 10.1. The van der Waals surface area contributed by atoms with E-state index in [1.54, 1.807) is 20.8 Å². The zero-order valence-corrected chi connectivity index (χ0v) is 10.9. The van der Waals surface area contributed by atoms with E-state index in [4.69, 9.17) is 11.5 Å². The number of terminal acetylenes is 1. The summed E-state index contributed by atoms with van der Waals surface area (Å²) in [5.74, 6) is 1.02. The molecule has 0 rings (SSSR count). The van der Waals surface area contributed by atoms with E-state index in [9.17, 15) is 14.7 Å². The highest BCUT2D eigenvalue weighted by molar-refractivity contribution is 5.82. The van der Waals surface area contributed by atoms with Crippen LogP contribution in [0.25, 0.3) is 0 Å². The molecule has 0 aliphatic rings. The fourth-order valence-electron chi connectivity index (χ4n) is 1.35. The lowest BCUT2D eigenvalue weighted by molar-refractivity contribution is -0.139. The zero-order valence-electron chi connectivity index (χ0n) is 10.9. The van der Waals surface area contributed by atoms with Gasteiger partial charge in [-0.1, -0.05) is 0 Å². The molecule has 0 heterocycles. The second kappa shape index (κ2) is 6.87. The van der Waals surface area contributed by atoms with E-state index < -0.39 is 23.6 Å². The van der Waals surface area contributed by atoms with Crippen molar-refractivity contribution in [1.29, 1.82) is 0 Å². The molecule has 0 aliphatic carbocycles. The number of carboxylic acids is 1. The minimum Gasteiger partial charge on any atom is -0.480 e. The van der Waals surface area contributed by atoms with Crippen molar-refractivity contribution >= 4 is 12.0 Å². The number of hydrogen-bond donors (Lipinski definition) is 3. The monoisotopic (exact) mass is 256 g/mol. The zero-order chi connectivity index (χ0) is 14.3. The minimum atomic E-state index is -1.18. The van der Waals surface area contributed by atoms with Crippen molar-refractivity contribution in [3.05, 3.63) is 0 Å². The highest BCUT2D eigenvalue weighted by atomic mass is 16.4. The van der Waals surface area contributed by atoms with Gasteiger partial charge in [0.1, 0.15) is 6.04 Å². The highest BCUT2D eigenvalue weighted by Gasteiger charge is 2.25. The maximum absolute atomic E-state index is 11.8. The summed E-state index contributed by atoms with van der Waals surface area (Å²) in [4.78, 5) is 24.0. The van der Waals surface area contributed by atoms with Crippen LogP contribution in [-0.4, -0.2) is 51.8 Å². The molecule has 1 atom stereocenters. The molecule has 2 amide bonds. The molecule has 0 radical (unpaired) electrons. The van der Waals surface area contributed by atoms with Crippen LogP contribution in [0, 0.1) is 12.3 Å². The van der Waals surface area contributed by atoms with Gasteiger partial charge in [-0.25, -0.2) is 9.59 Å². The number of carbonyl (C=O) groups excluding carboxylic acids is 1. The number of aliphatic carboxylic acids is 1. The SMILES string of the molecule is C#CCC(NC(=O)N(CC)CC(C)(C)O)C(=O)O. The Bertz CT molecular complexity index is 341. The van der Waals surface area contributed by atoms with Gasteiger partial charge in [-0.2, -0.15) is 0 Å². The third-order valence-electron chi connectivity index (χ3n) is 2.16. The predicted molar refractivity (Wildman–Crippen MR) is 67.0 cm³/mol. The fraction of sp³-hybridized carbons (Fsp3) is 0.667. The van der Waals surface area contributed by atoms with Crippen LogP contribution in [0.3, 0.4) is 0 Å². The van der Waals surface area contributed by atoms with Crippen molar-refractivity contribution in [1.82, 2.24) is 10.2 Å². The number of hydrogen-bond acceptors (Lipinski definition) is 3. The summed E-state index contributed by atoms with van der Waals surface area (Å²) < 4.78 is 0. The molecule has 1 unspecified atom stereocenters. The Balaban J connectivity index is 4.61. The Morgan fingerprint density at radius 2 is 2.06 bits per heavy atom. The Morgan fingerprint density at radius 3 is 2.39 bits per heavy atom. The molecular formula is C12H20N2O4. The molecule has 0 aliphatic heterocycles. The number of carbonyl (C=O) groups is 2. The number of nitrogens with one attached hydrogen (secondary N) is 1. The van der Waals surface area contributed by atoms with Crippen LogP contribution in [0.5, 0.6) is 0 Å². The van der Waals surface area contributed by atoms with Gasteiger partial charge in [0.05, 0.1) is 12.1 Å². The smallest absolute Gasteiger partial charge is 0.327 e. The van der Waals surface area contributed by atoms with E-state index >= 15 is 0 Å². The van der Waals surface area contributed by atoms with Gasteiger partial charge in [0.25, 0.3) is 0 Å². The lowest BCUT2D eigenvalue weighted by Crippen LogP contribution is -2.51. The molecule has 0 bridgehead atoms. The van der Waals surface area contributed by atoms with Crippen LogP contribution in [0.4, 0.5) is 4.79 Å². The number of amides is 2. The Labute approximate surface area is 107 Å². The second-order valence-corrected chi connectivity index (χ2v) is 4.58. The standard InChI is InChI=1S/C12H20N2O4/c1-5-7-9(10(15)16)13-11(17)14(6-2)8-12(3,4)18/h1,9,18H,6-8H2,2-4H3,(H,13,17)(H,15,16). The first kappa shape index (κ1) is 16.3. The molecule has 18 heavy (non-hydrogen) atoms. The second-order valence-electron chi connectivity index (χ2n) is 4.58. The molecule has 0 aromatic carbocycles. The molecular weight excluding hydrogens is 236 g/mol. The van der Waals surface area contributed by atoms with Crippen LogP contribution < -0.4 is 5.32 Å². The summed E-state index contributed by atoms with van der Waals surface area (Å²) in [6.45, 7) is 5.34. The number of nitrogens with zero attached hydrogens (tertiary/aromatic N) is 1. The van der Waals surface area contributed by atoms with E-state index in [1.807, 2.05) is 0 Å². The molecule has 0 saturated carbocycles. The number of urea groups is 1. The van der Waals surface area contributed by atoms with Gasteiger partial charge in [0.15, 0.2) is 0 Å². The van der Waals surface area contributed by atoms with E-state index in [0.29, 0.717) is 6.54 Å². The van der Waals surface area contributed by atoms with Crippen molar-refractivity contribution in [3.8, 4) is 12.3 Å². The van der Waals surface area contributed by atoms with Crippen molar-refractivity contribution in [2.24, 2.45) is 0 Å². The van der Waals surface area contributed by atoms with Gasteiger partial charge in [-0.15, -0.1) is 12.3 Å². The lowest BCUT2D eigenvalue weighted by Gasteiger charge is -2.29. The van der Waals surface area contributed by atoms with Gasteiger partial charge in [0.2, 0.25) is 0 Å². The highest BCUT2D eigenvalue weighted by Crippen LogP contribution is 2.05. The normalized spacial score (nSPS) is 12.4. The summed E-state index contributed by atoms with van der Waals surface area (Å²) in [6, 6.07) is -1.67. The maximum Gasteiger partial charge on any atom is 0.327 e. The molecule has 0 saturated heterocycles. The van der Waals surface area contributed by atoms with Gasteiger partial charge in [-0.05, 0) is 20.8 Å². The Morgan fingerprint density at radius 1 is 1.50 bits per heavy atom. The summed E-state index contributed by atoms with van der Waals surface area (Å²) in [5.41, 5.74) is -1.04. The quantitative estimate of drug-likeness (QED) is 0.595. The van der Waals surface area contributed by atoms with Crippen molar-refractivity contribution in [2.45, 2.75) is 38.8 Å². The van der Waals surface area contributed by atoms with Gasteiger partial charge >= 0.3 is 12.0 Å². The van der Waals surface area contributed by atoms with Gasteiger partial charge < -0.3 is 20.4 Å². The number of aliphatic hydroxyl groups is 1. The first-order valence-corrected chi connectivity index (χ1v) is 5.65. The predicted octanol–water partition coefficient (Wildman–Crippen LogP) is 0.265. The van der Waals surface area contributed by atoms with Crippen LogP contribution in [0.2, 0.25) is 0 Å². The molecule has 0 fully saturated rings. The summed E-state index contributed by atoms with van der Waals surface area (Å²) >= 11 is 0. The van der Waals surface area contributed by atoms with Gasteiger partial charge in [0, 0.05) is 13.0 Å². The van der Waals surface area contributed by atoms with E-state index in [0.717, 1.165) is 0 Å². The van der Waals surface area contributed by atoms with E-state index in [2.05, 4.69) is 11.2 Å². The Kier molecular flexibility index (Phi) is 6.20. The fourth-order valence-corrected chi connectivity index (χ4v) is 1.35. The average Bonchev–Trinajstić information content (AvgIpc) is 2.23. The molecule has 0 aromatic heterocycles. The van der Waals surface area contributed by atoms with E-state index in [-0.39, 0.29) is 13.0 Å². The number of carboxylic acid groups (broad SMARTS) is 1. The van der Waals surface area contributed by atoms with Gasteiger partial charge in [-0.3, -0.25) is 0 Å². The maximum atomic E-state index is 11.8. The first-order chi connectivity index (χ1) is 8.21.